The highest BCUT2D eigenvalue weighted by Crippen LogP contribution is 2.24. The molecule has 1 aliphatic heterocycles. The van der Waals surface area contributed by atoms with Crippen LogP contribution in [0.4, 0.5) is 0 Å². The smallest absolute Gasteiger partial charge is 0.242 e. The molecule has 2 rings (SSSR count). The van der Waals surface area contributed by atoms with Crippen LogP contribution in [-0.4, -0.2) is 40.1 Å². The van der Waals surface area contributed by atoms with E-state index in [-0.39, 0.29) is 17.6 Å². The summed E-state index contributed by atoms with van der Waals surface area (Å²) in [7, 11) is -1.11. The molecule has 0 aromatic heterocycles. The van der Waals surface area contributed by atoms with Gasteiger partial charge in [-0.15, -0.1) is 0 Å². The van der Waals surface area contributed by atoms with E-state index in [0.29, 0.717) is 24.6 Å². The molecule has 6 heteroatoms. The number of hydrogen-bond donors (Lipinski definition) is 2. The van der Waals surface area contributed by atoms with Gasteiger partial charge in [-0.3, -0.25) is 13.8 Å². The van der Waals surface area contributed by atoms with Gasteiger partial charge in [0.15, 0.2) is 0 Å². The summed E-state index contributed by atoms with van der Waals surface area (Å²) in [6.45, 7) is 0.679. The minimum Gasteiger partial charge on any atom is -0.354 e. The van der Waals surface area contributed by atoms with Crippen LogP contribution < -0.4 is 10.6 Å². The van der Waals surface area contributed by atoms with Crippen molar-refractivity contribution in [3.8, 4) is 0 Å². The monoisotopic (exact) mass is 314 g/mol. The fraction of sp³-hybridized carbons (Fsp3) is 0.867. The van der Waals surface area contributed by atoms with Gasteiger partial charge in [-0.05, 0) is 38.0 Å². The quantitative estimate of drug-likeness (QED) is 0.798. The fourth-order valence-electron chi connectivity index (χ4n) is 3.13. The molecule has 2 fully saturated rings. The van der Waals surface area contributed by atoms with E-state index in [9.17, 15) is 13.8 Å². The summed E-state index contributed by atoms with van der Waals surface area (Å²) in [6.07, 6.45) is 8.54. The van der Waals surface area contributed by atoms with E-state index in [1.54, 1.807) is 0 Å². The zero-order valence-corrected chi connectivity index (χ0v) is 13.4. The molecule has 0 aromatic carbocycles. The lowest BCUT2D eigenvalue weighted by molar-refractivity contribution is -0.127. The molecule has 1 saturated heterocycles. The molecule has 0 bridgehead atoms. The summed E-state index contributed by atoms with van der Waals surface area (Å²) in [5.41, 5.74) is 0. The molecule has 0 aromatic rings. The number of nitrogens with one attached hydrogen (secondary N) is 2. The Morgan fingerprint density at radius 2 is 1.86 bits per heavy atom. The zero-order valence-electron chi connectivity index (χ0n) is 12.6. The Labute approximate surface area is 129 Å². The molecule has 2 aliphatic rings. The predicted octanol–water partition coefficient (Wildman–Crippen LogP) is 1.10. The maximum Gasteiger partial charge on any atom is 0.242 e. The minimum atomic E-state index is -1.11. The lowest BCUT2D eigenvalue weighted by Gasteiger charge is -2.21. The predicted molar refractivity (Wildman–Crippen MR) is 83.2 cm³/mol. The Morgan fingerprint density at radius 3 is 2.62 bits per heavy atom. The number of carbonyl (C=O) groups excluding carboxylic acids is 2. The van der Waals surface area contributed by atoms with E-state index in [2.05, 4.69) is 10.6 Å². The lowest BCUT2D eigenvalue weighted by Crippen LogP contribution is -2.46. The van der Waals surface area contributed by atoms with Gasteiger partial charge in [-0.25, -0.2) is 0 Å². The van der Waals surface area contributed by atoms with Gasteiger partial charge in [0.2, 0.25) is 11.8 Å². The molecule has 1 saturated carbocycles. The highest BCUT2D eigenvalue weighted by Gasteiger charge is 2.24. The molecule has 2 amide bonds. The summed E-state index contributed by atoms with van der Waals surface area (Å²) in [5.74, 6) is 0.795. The van der Waals surface area contributed by atoms with Crippen LogP contribution in [0.1, 0.15) is 51.4 Å². The summed E-state index contributed by atoms with van der Waals surface area (Å²) >= 11 is 0. The highest BCUT2D eigenvalue weighted by atomic mass is 32.2. The molecule has 1 heterocycles. The van der Waals surface area contributed by atoms with Crippen LogP contribution in [0.3, 0.4) is 0 Å². The van der Waals surface area contributed by atoms with Crippen molar-refractivity contribution in [1.82, 2.24) is 10.6 Å². The summed E-state index contributed by atoms with van der Waals surface area (Å²) in [5, 5.41) is 5.52. The van der Waals surface area contributed by atoms with E-state index in [1.165, 1.54) is 19.3 Å². The van der Waals surface area contributed by atoms with Crippen molar-refractivity contribution in [2.24, 2.45) is 5.92 Å². The maximum absolute atomic E-state index is 12.1. The van der Waals surface area contributed by atoms with E-state index in [0.717, 1.165) is 25.7 Å². The third-order valence-corrected chi connectivity index (χ3v) is 5.74. The van der Waals surface area contributed by atoms with Gasteiger partial charge in [-0.2, -0.15) is 0 Å². The first-order chi connectivity index (χ1) is 10.1. The molecular weight excluding hydrogens is 288 g/mol. The molecule has 1 aliphatic carbocycles. The Bertz CT molecular complexity index is 394. The van der Waals surface area contributed by atoms with Crippen LogP contribution in [0, 0.1) is 5.92 Å². The van der Waals surface area contributed by atoms with Gasteiger partial charge in [0.1, 0.15) is 11.8 Å². The van der Waals surface area contributed by atoms with Crippen molar-refractivity contribution in [3.63, 3.8) is 0 Å². The number of hydrogen-bond acceptors (Lipinski definition) is 3. The summed E-state index contributed by atoms with van der Waals surface area (Å²) < 4.78 is 12.1. The Hall–Kier alpha value is -0.910. The topological polar surface area (TPSA) is 75.3 Å². The first kappa shape index (κ1) is 16.5. The first-order valence-electron chi connectivity index (χ1n) is 8.07. The average Bonchev–Trinajstić information content (AvgIpc) is 2.65. The largest absolute Gasteiger partial charge is 0.354 e. The van der Waals surface area contributed by atoms with Gasteiger partial charge in [0.25, 0.3) is 0 Å². The Morgan fingerprint density at radius 1 is 1.14 bits per heavy atom. The van der Waals surface area contributed by atoms with E-state index >= 15 is 0 Å². The number of rotatable bonds is 5. The SMILES string of the molecule is O=C(C[S@](=O)CC1CCCCC1)N[C@@H]1CCCCNC1=O. The Balaban J connectivity index is 1.72. The van der Waals surface area contributed by atoms with Crippen LogP contribution in [0.2, 0.25) is 0 Å². The van der Waals surface area contributed by atoms with E-state index in [4.69, 9.17) is 0 Å². The molecule has 5 nitrogen and oxygen atoms in total. The molecule has 21 heavy (non-hydrogen) atoms. The summed E-state index contributed by atoms with van der Waals surface area (Å²) in [6, 6.07) is -0.452. The number of carbonyl (C=O) groups is 2. The van der Waals surface area contributed by atoms with Crippen molar-refractivity contribution in [2.75, 3.05) is 18.1 Å². The highest BCUT2D eigenvalue weighted by molar-refractivity contribution is 7.85. The van der Waals surface area contributed by atoms with Crippen molar-refractivity contribution in [1.29, 1.82) is 0 Å². The number of amides is 2. The molecule has 0 spiro atoms. The molecular formula is C15H26N2O3S. The average molecular weight is 314 g/mol. The van der Waals surface area contributed by atoms with Gasteiger partial charge in [0, 0.05) is 23.1 Å². The van der Waals surface area contributed by atoms with Crippen molar-refractivity contribution < 1.29 is 13.8 Å². The second-order valence-corrected chi connectivity index (χ2v) is 7.66. The van der Waals surface area contributed by atoms with E-state index in [1.807, 2.05) is 0 Å². The van der Waals surface area contributed by atoms with Crippen LogP contribution in [0.15, 0.2) is 0 Å². The van der Waals surface area contributed by atoms with Crippen molar-refractivity contribution >= 4 is 22.6 Å². The van der Waals surface area contributed by atoms with Gasteiger partial charge < -0.3 is 10.6 Å². The zero-order chi connectivity index (χ0) is 15.1. The van der Waals surface area contributed by atoms with Crippen molar-refractivity contribution in [2.45, 2.75) is 57.4 Å². The molecule has 0 unspecified atom stereocenters. The third-order valence-electron chi connectivity index (χ3n) is 4.31. The minimum absolute atomic E-state index is 0.0281. The molecule has 2 N–H and O–H groups in total. The van der Waals surface area contributed by atoms with Crippen LogP contribution in [0.5, 0.6) is 0 Å². The lowest BCUT2D eigenvalue weighted by atomic mass is 9.91. The normalized spacial score (nSPS) is 25.7. The summed E-state index contributed by atoms with van der Waals surface area (Å²) in [4.78, 5) is 23.7. The van der Waals surface area contributed by atoms with E-state index < -0.39 is 16.8 Å². The van der Waals surface area contributed by atoms with Gasteiger partial charge in [0.05, 0.1) is 0 Å². The molecule has 2 atom stereocenters. The first-order valence-corrected chi connectivity index (χ1v) is 9.56. The standard InChI is InChI=1S/C15H26N2O3S/c18-14(17-13-8-4-5-9-16-15(13)19)11-21(20)10-12-6-2-1-3-7-12/h12-13H,1-11H2,(H,16,19)(H,17,18)/t13-,21-/m1/s1. The fourth-order valence-corrected chi connectivity index (χ4v) is 4.49. The van der Waals surface area contributed by atoms with Crippen LogP contribution >= 0.6 is 0 Å². The molecule has 0 radical (unpaired) electrons. The van der Waals surface area contributed by atoms with Crippen LogP contribution in [-0.2, 0) is 20.4 Å². The maximum atomic E-state index is 12.1. The van der Waals surface area contributed by atoms with Gasteiger partial charge >= 0.3 is 0 Å². The van der Waals surface area contributed by atoms with Crippen molar-refractivity contribution in [3.05, 3.63) is 0 Å². The third kappa shape index (κ3) is 5.77. The molecule has 120 valence electrons. The van der Waals surface area contributed by atoms with Crippen LogP contribution in [0.25, 0.3) is 0 Å². The second-order valence-electron chi connectivity index (χ2n) is 6.16. The Kier molecular flexibility index (Phi) is 6.67. The van der Waals surface area contributed by atoms with Gasteiger partial charge in [-0.1, -0.05) is 19.3 Å². The second kappa shape index (κ2) is 8.51.